The lowest BCUT2D eigenvalue weighted by molar-refractivity contribution is -0.0892. The molecule has 0 N–H and O–H groups in total. The lowest BCUT2D eigenvalue weighted by Crippen LogP contribution is -2.14. The Morgan fingerprint density at radius 3 is 2.58 bits per heavy atom. The number of halogens is 3. The molecule has 0 fully saturated rings. The van der Waals surface area contributed by atoms with Gasteiger partial charge in [-0.2, -0.15) is 8.78 Å². The Kier molecular flexibility index (Phi) is 2.86. The van der Waals surface area contributed by atoms with Crippen molar-refractivity contribution < 1.29 is 13.5 Å². The van der Waals surface area contributed by atoms with E-state index in [1.165, 1.54) is 27.4 Å². The van der Waals surface area contributed by atoms with Crippen molar-refractivity contribution in [2.24, 2.45) is 0 Å². The van der Waals surface area contributed by atoms with E-state index in [1.54, 1.807) is 6.07 Å². The van der Waals surface area contributed by atoms with Crippen molar-refractivity contribution in [2.45, 2.75) is 5.85 Å². The quantitative estimate of drug-likeness (QED) is 0.682. The lowest BCUT2D eigenvalue weighted by atomic mass is 10.3. The van der Waals surface area contributed by atoms with E-state index < -0.39 is 5.85 Å². The smallest absolute Gasteiger partial charge is 0.408 e. The summed E-state index contributed by atoms with van der Waals surface area (Å²) in [5.74, 6) is -3.20. The summed E-state index contributed by atoms with van der Waals surface area (Å²) in [6.45, 7) is 0. The molecule has 0 radical (unpaired) electrons. The molecular formula is C7H6ClF2OP. The SMILES string of the molecule is FC(F)(P)Oc1cccc(Cl)c1. The summed E-state index contributed by atoms with van der Waals surface area (Å²) in [5, 5.41) is 0.363. The standard InChI is InChI=1S/C7H6ClF2OP/c8-5-2-1-3-6(4-5)11-7(9,10)12/h1-4H,12H2. The number of alkyl halides is 2. The first-order valence-electron chi connectivity index (χ1n) is 3.09. The minimum Gasteiger partial charge on any atom is -0.430 e. The van der Waals surface area contributed by atoms with Crippen LogP contribution in [-0.4, -0.2) is 5.85 Å². The molecule has 0 bridgehead atoms. The number of rotatable bonds is 2. The van der Waals surface area contributed by atoms with Crippen molar-refractivity contribution in [1.29, 1.82) is 0 Å². The number of benzene rings is 1. The van der Waals surface area contributed by atoms with Crippen molar-refractivity contribution in [2.75, 3.05) is 0 Å². The Morgan fingerprint density at radius 2 is 2.08 bits per heavy atom. The monoisotopic (exact) mass is 210 g/mol. The summed E-state index contributed by atoms with van der Waals surface area (Å²) >= 11 is 5.54. The molecule has 5 heteroatoms. The Labute approximate surface area is 75.9 Å². The van der Waals surface area contributed by atoms with Gasteiger partial charge >= 0.3 is 5.85 Å². The van der Waals surface area contributed by atoms with Crippen LogP contribution in [0.15, 0.2) is 24.3 Å². The zero-order chi connectivity index (χ0) is 9.19. The van der Waals surface area contributed by atoms with Crippen LogP contribution in [0.2, 0.25) is 5.02 Å². The van der Waals surface area contributed by atoms with Gasteiger partial charge in [0.2, 0.25) is 0 Å². The van der Waals surface area contributed by atoms with Crippen LogP contribution in [-0.2, 0) is 0 Å². The average Bonchev–Trinajstić information content (AvgIpc) is 1.82. The second-order valence-electron chi connectivity index (χ2n) is 2.12. The molecular weight excluding hydrogens is 204 g/mol. The maximum Gasteiger partial charge on any atom is 0.408 e. The molecule has 0 aromatic heterocycles. The molecule has 0 aliphatic heterocycles. The van der Waals surface area contributed by atoms with E-state index in [-0.39, 0.29) is 5.75 Å². The molecule has 66 valence electrons. The summed E-state index contributed by atoms with van der Waals surface area (Å²) < 4.78 is 28.7. The molecule has 1 nitrogen and oxygen atoms in total. The summed E-state index contributed by atoms with van der Waals surface area (Å²) in [7, 11) is 1.28. The van der Waals surface area contributed by atoms with E-state index in [4.69, 9.17) is 11.6 Å². The third-order valence-corrected chi connectivity index (χ3v) is 1.40. The summed E-state index contributed by atoms with van der Waals surface area (Å²) in [6.07, 6.45) is 0. The van der Waals surface area contributed by atoms with Gasteiger partial charge in [0.25, 0.3) is 0 Å². The molecule has 1 aromatic carbocycles. The van der Waals surface area contributed by atoms with Crippen molar-refractivity contribution in [3.63, 3.8) is 0 Å². The first-order chi connectivity index (χ1) is 5.47. The summed E-state index contributed by atoms with van der Waals surface area (Å²) in [6, 6.07) is 5.84. The molecule has 0 saturated carbocycles. The van der Waals surface area contributed by atoms with Gasteiger partial charge in [0.05, 0.1) is 0 Å². The largest absolute Gasteiger partial charge is 0.430 e. The van der Waals surface area contributed by atoms with Gasteiger partial charge in [-0.1, -0.05) is 17.7 Å². The highest BCUT2D eigenvalue weighted by Crippen LogP contribution is 2.28. The second kappa shape index (κ2) is 3.55. The van der Waals surface area contributed by atoms with Crippen LogP contribution >= 0.6 is 20.8 Å². The highest BCUT2D eigenvalue weighted by molar-refractivity contribution is 7.17. The van der Waals surface area contributed by atoms with Gasteiger partial charge in [-0.05, 0) is 27.4 Å². The zero-order valence-electron chi connectivity index (χ0n) is 5.93. The molecule has 1 aromatic rings. The molecule has 1 rings (SSSR count). The predicted octanol–water partition coefficient (Wildman–Crippen LogP) is 3.14. The Balaban J connectivity index is 2.77. The van der Waals surface area contributed by atoms with Gasteiger partial charge < -0.3 is 4.74 Å². The van der Waals surface area contributed by atoms with Gasteiger partial charge in [0, 0.05) is 5.02 Å². The maximum absolute atomic E-state index is 12.2. The first-order valence-corrected chi connectivity index (χ1v) is 4.04. The Bertz CT molecular complexity index is 274. The molecule has 1 atom stereocenters. The maximum atomic E-state index is 12.2. The minimum absolute atomic E-state index is 0.0440. The van der Waals surface area contributed by atoms with Crippen LogP contribution in [0.25, 0.3) is 0 Å². The third kappa shape index (κ3) is 3.33. The normalized spacial score (nSPS) is 11.3. The first kappa shape index (κ1) is 9.69. The number of hydrogen-bond acceptors (Lipinski definition) is 1. The third-order valence-electron chi connectivity index (χ3n) is 1.05. The molecule has 1 unspecified atom stereocenters. The van der Waals surface area contributed by atoms with Crippen LogP contribution in [0.4, 0.5) is 8.78 Å². The van der Waals surface area contributed by atoms with Crippen LogP contribution in [0.3, 0.4) is 0 Å². The van der Waals surface area contributed by atoms with Gasteiger partial charge in [-0.25, -0.2) is 0 Å². The van der Waals surface area contributed by atoms with E-state index in [0.717, 1.165) is 0 Å². The zero-order valence-corrected chi connectivity index (χ0v) is 7.84. The van der Waals surface area contributed by atoms with Crippen molar-refractivity contribution in [1.82, 2.24) is 0 Å². The molecule has 0 spiro atoms. The highest BCUT2D eigenvalue weighted by atomic mass is 35.5. The van der Waals surface area contributed by atoms with E-state index >= 15 is 0 Å². The fraction of sp³-hybridized carbons (Fsp3) is 0.143. The molecule has 0 saturated heterocycles. The fourth-order valence-corrected chi connectivity index (χ4v) is 1.00. The van der Waals surface area contributed by atoms with E-state index in [9.17, 15) is 8.78 Å². The van der Waals surface area contributed by atoms with Crippen molar-refractivity contribution in [3.05, 3.63) is 29.3 Å². The molecule has 0 heterocycles. The van der Waals surface area contributed by atoms with Gasteiger partial charge in [-0.15, -0.1) is 0 Å². The van der Waals surface area contributed by atoms with E-state index in [1.807, 2.05) is 0 Å². The van der Waals surface area contributed by atoms with E-state index in [2.05, 4.69) is 4.74 Å². The van der Waals surface area contributed by atoms with Crippen LogP contribution < -0.4 is 4.74 Å². The Morgan fingerprint density at radius 1 is 1.42 bits per heavy atom. The van der Waals surface area contributed by atoms with E-state index in [0.29, 0.717) is 5.02 Å². The summed E-state index contributed by atoms with van der Waals surface area (Å²) in [5.41, 5.74) is 0. The number of hydrogen-bond donors (Lipinski definition) is 0. The van der Waals surface area contributed by atoms with Crippen molar-refractivity contribution >= 4 is 20.8 Å². The molecule has 0 aliphatic rings. The topological polar surface area (TPSA) is 9.23 Å². The van der Waals surface area contributed by atoms with Gasteiger partial charge in [0.1, 0.15) is 5.75 Å². The van der Waals surface area contributed by atoms with Gasteiger partial charge in [0.15, 0.2) is 0 Å². The Hall–Kier alpha value is -0.400. The predicted molar refractivity (Wildman–Crippen MR) is 46.7 cm³/mol. The van der Waals surface area contributed by atoms with Crippen LogP contribution in [0, 0.1) is 0 Å². The van der Waals surface area contributed by atoms with Crippen LogP contribution in [0.1, 0.15) is 0 Å². The lowest BCUT2D eigenvalue weighted by Gasteiger charge is -2.12. The molecule has 0 amide bonds. The average molecular weight is 211 g/mol. The van der Waals surface area contributed by atoms with Crippen LogP contribution in [0.5, 0.6) is 5.75 Å². The highest BCUT2D eigenvalue weighted by Gasteiger charge is 2.23. The van der Waals surface area contributed by atoms with Crippen molar-refractivity contribution in [3.8, 4) is 5.75 Å². The summed E-state index contributed by atoms with van der Waals surface area (Å²) in [4.78, 5) is 0. The second-order valence-corrected chi connectivity index (χ2v) is 3.23. The number of ether oxygens (including phenoxy) is 1. The fourth-order valence-electron chi connectivity index (χ4n) is 0.688. The molecule has 0 aliphatic carbocycles. The molecule has 12 heavy (non-hydrogen) atoms. The van der Waals surface area contributed by atoms with Gasteiger partial charge in [-0.3, -0.25) is 0 Å². The minimum atomic E-state index is -3.25.